The van der Waals surface area contributed by atoms with Gasteiger partial charge in [0, 0.05) is 15.6 Å². The zero-order valence-corrected chi connectivity index (χ0v) is 16.2. The standard InChI is InChI=1S/C21H30S/c1-16(2)13-17(3,4)20(16)21(22-20)18(5,6)14-11-9-10-12-15(14)19(21,7)8/h9-12H,13H2,1-8H3. The van der Waals surface area contributed by atoms with Crippen LogP contribution in [0.25, 0.3) is 0 Å². The van der Waals surface area contributed by atoms with Gasteiger partial charge in [-0.05, 0) is 28.4 Å². The van der Waals surface area contributed by atoms with E-state index in [4.69, 9.17) is 0 Å². The van der Waals surface area contributed by atoms with Gasteiger partial charge in [0.1, 0.15) is 0 Å². The molecule has 1 heteroatoms. The summed E-state index contributed by atoms with van der Waals surface area (Å²) in [6, 6.07) is 9.23. The first-order chi connectivity index (χ1) is 9.89. The summed E-state index contributed by atoms with van der Waals surface area (Å²) in [7, 11) is 0. The maximum Gasteiger partial charge on any atom is 0.0506 e. The van der Waals surface area contributed by atoms with Crippen LogP contribution in [0.1, 0.15) is 72.9 Å². The molecule has 2 fully saturated rings. The minimum atomic E-state index is 0.229. The van der Waals surface area contributed by atoms with Crippen LogP contribution in [0.3, 0.4) is 0 Å². The summed E-state index contributed by atoms with van der Waals surface area (Å²) in [6.07, 6.45) is 1.34. The van der Waals surface area contributed by atoms with Crippen molar-refractivity contribution in [1.82, 2.24) is 0 Å². The second kappa shape index (κ2) is 3.48. The van der Waals surface area contributed by atoms with E-state index in [1.165, 1.54) is 6.42 Å². The topological polar surface area (TPSA) is 0 Å². The highest BCUT2D eigenvalue weighted by Gasteiger charge is 2.93. The van der Waals surface area contributed by atoms with Crippen LogP contribution >= 0.6 is 11.8 Å². The Morgan fingerprint density at radius 3 is 1.41 bits per heavy atom. The van der Waals surface area contributed by atoms with Gasteiger partial charge in [-0.2, -0.15) is 0 Å². The van der Waals surface area contributed by atoms with Crippen molar-refractivity contribution in [3.05, 3.63) is 35.4 Å². The number of hydrogen-bond donors (Lipinski definition) is 0. The summed E-state index contributed by atoms with van der Waals surface area (Å²) in [5, 5.41) is 0. The molecular weight excluding hydrogens is 284 g/mol. The first kappa shape index (κ1) is 15.1. The van der Waals surface area contributed by atoms with Crippen LogP contribution in [0.2, 0.25) is 0 Å². The molecule has 1 aliphatic heterocycles. The van der Waals surface area contributed by atoms with Gasteiger partial charge in [-0.1, -0.05) is 79.7 Å². The van der Waals surface area contributed by atoms with Crippen LogP contribution < -0.4 is 0 Å². The Bertz CT molecular complexity index is 626. The van der Waals surface area contributed by atoms with Crippen LogP contribution in [-0.2, 0) is 10.8 Å². The lowest BCUT2D eigenvalue weighted by Gasteiger charge is -2.62. The fourth-order valence-electron chi connectivity index (χ4n) is 7.47. The molecule has 3 aliphatic rings. The molecule has 1 heterocycles. The Balaban J connectivity index is 2.00. The van der Waals surface area contributed by atoms with E-state index in [9.17, 15) is 0 Å². The monoisotopic (exact) mass is 314 g/mol. The van der Waals surface area contributed by atoms with Gasteiger partial charge in [0.15, 0.2) is 0 Å². The molecule has 0 amide bonds. The molecule has 22 heavy (non-hydrogen) atoms. The first-order valence-corrected chi connectivity index (χ1v) is 9.51. The number of rotatable bonds is 0. The van der Waals surface area contributed by atoms with Crippen LogP contribution in [0.5, 0.6) is 0 Å². The van der Waals surface area contributed by atoms with Crippen molar-refractivity contribution in [3.8, 4) is 0 Å². The van der Waals surface area contributed by atoms with E-state index in [1.54, 1.807) is 11.1 Å². The van der Waals surface area contributed by atoms with Crippen LogP contribution in [0.15, 0.2) is 24.3 Å². The largest absolute Gasteiger partial charge is 0.142 e. The second-order valence-corrected chi connectivity index (χ2v) is 11.6. The van der Waals surface area contributed by atoms with Crippen molar-refractivity contribution < 1.29 is 0 Å². The quantitative estimate of drug-likeness (QED) is 0.534. The molecule has 1 saturated heterocycles. The molecular formula is C21H30S. The minimum Gasteiger partial charge on any atom is -0.142 e. The first-order valence-electron chi connectivity index (χ1n) is 8.69. The van der Waals surface area contributed by atoms with E-state index < -0.39 is 0 Å². The molecule has 120 valence electrons. The van der Waals surface area contributed by atoms with Gasteiger partial charge in [0.05, 0.1) is 4.75 Å². The predicted molar refractivity (Wildman–Crippen MR) is 97.7 cm³/mol. The number of benzene rings is 1. The van der Waals surface area contributed by atoms with E-state index in [-0.39, 0.29) is 10.8 Å². The lowest BCUT2D eigenvalue weighted by Crippen LogP contribution is -2.67. The van der Waals surface area contributed by atoms with Crippen molar-refractivity contribution in [1.29, 1.82) is 0 Å². The molecule has 0 radical (unpaired) electrons. The van der Waals surface area contributed by atoms with Crippen molar-refractivity contribution in [2.24, 2.45) is 10.8 Å². The number of hydrogen-bond acceptors (Lipinski definition) is 1. The van der Waals surface area contributed by atoms with Crippen LogP contribution in [-0.4, -0.2) is 9.49 Å². The zero-order valence-electron chi connectivity index (χ0n) is 15.4. The summed E-state index contributed by atoms with van der Waals surface area (Å²) in [5.41, 5.74) is 4.49. The molecule has 0 atom stereocenters. The van der Waals surface area contributed by atoms with E-state index >= 15 is 0 Å². The predicted octanol–water partition coefficient (Wildman–Crippen LogP) is 5.94. The minimum absolute atomic E-state index is 0.229. The van der Waals surface area contributed by atoms with Crippen molar-refractivity contribution in [3.63, 3.8) is 0 Å². The molecule has 4 rings (SSSR count). The van der Waals surface area contributed by atoms with Gasteiger partial charge in [-0.25, -0.2) is 0 Å². The fourth-order valence-corrected chi connectivity index (χ4v) is 10.4. The van der Waals surface area contributed by atoms with E-state index in [1.807, 2.05) is 0 Å². The SMILES string of the molecule is CC1(C)CC(C)(C)C12SC21C(C)(C)c2ccccc2C1(C)C. The lowest BCUT2D eigenvalue weighted by molar-refractivity contribution is -0.0612. The maximum absolute atomic E-state index is 2.51. The summed E-state index contributed by atoms with van der Waals surface area (Å²) < 4.78 is 0.723. The highest BCUT2D eigenvalue weighted by Crippen LogP contribution is 2.94. The van der Waals surface area contributed by atoms with Gasteiger partial charge in [0.2, 0.25) is 0 Å². The average Bonchev–Trinajstić information content (AvgIpc) is 3.11. The lowest BCUT2D eigenvalue weighted by atomic mass is 9.40. The van der Waals surface area contributed by atoms with Crippen LogP contribution in [0.4, 0.5) is 0 Å². The molecule has 1 saturated carbocycles. The Morgan fingerprint density at radius 1 is 0.682 bits per heavy atom. The molecule has 0 unspecified atom stereocenters. The molecule has 0 N–H and O–H groups in total. The molecule has 1 aromatic rings. The third kappa shape index (κ3) is 1.12. The van der Waals surface area contributed by atoms with Gasteiger partial charge < -0.3 is 0 Å². The van der Waals surface area contributed by atoms with Gasteiger partial charge >= 0.3 is 0 Å². The van der Waals surface area contributed by atoms with E-state index in [0.717, 1.165) is 0 Å². The Labute approximate surface area is 140 Å². The number of fused-ring (bicyclic) bond motifs is 2. The summed E-state index contributed by atoms with van der Waals surface area (Å²) in [5.74, 6) is 0. The molecule has 1 aromatic carbocycles. The Kier molecular flexibility index (Phi) is 2.39. The van der Waals surface area contributed by atoms with Crippen molar-refractivity contribution in [2.75, 3.05) is 0 Å². The summed E-state index contributed by atoms with van der Waals surface area (Å²) in [6.45, 7) is 20.1. The van der Waals surface area contributed by atoms with Crippen molar-refractivity contribution in [2.45, 2.75) is 82.1 Å². The third-order valence-electron chi connectivity index (χ3n) is 7.58. The average molecular weight is 315 g/mol. The van der Waals surface area contributed by atoms with Crippen molar-refractivity contribution >= 4 is 11.8 Å². The molecule has 2 aliphatic carbocycles. The third-order valence-corrected chi connectivity index (χ3v) is 10.7. The Morgan fingerprint density at radius 2 is 1.09 bits per heavy atom. The fraction of sp³-hybridized carbons (Fsp3) is 0.714. The Hall–Kier alpha value is -0.430. The highest BCUT2D eigenvalue weighted by atomic mass is 32.2. The van der Waals surface area contributed by atoms with E-state index in [2.05, 4.69) is 91.4 Å². The molecule has 2 spiro atoms. The zero-order chi connectivity index (χ0) is 16.4. The van der Waals surface area contributed by atoms with E-state index in [0.29, 0.717) is 20.3 Å². The maximum atomic E-state index is 2.51. The molecule has 0 bridgehead atoms. The van der Waals surface area contributed by atoms with Crippen LogP contribution in [0, 0.1) is 10.8 Å². The van der Waals surface area contributed by atoms with Gasteiger partial charge in [-0.3, -0.25) is 0 Å². The molecule has 0 nitrogen and oxygen atoms in total. The normalized spacial score (nSPS) is 32.5. The second-order valence-electron chi connectivity index (χ2n) is 10.2. The molecule has 0 aromatic heterocycles. The smallest absolute Gasteiger partial charge is 0.0506 e. The summed E-state index contributed by atoms with van der Waals surface area (Å²) in [4.78, 5) is 0. The highest BCUT2D eigenvalue weighted by molar-refractivity contribution is 8.10. The number of thioether (sulfide) groups is 1. The van der Waals surface area contributed by atoms with Gasteiger partial charge in [0.25, 0.3) is 0 Å². The van der Waals surface area contributed by atoms with Gasteiger partial charge in [-0.15, -0.1) is 11.8 Å². The summed E-state index contributed by atoms with van der Waals surface area (Å²) >= 11 is 2.32.